The number of nitrogens with one attached hydrogen (secondary N) is 2. The van der Waals surface area contributed by atoms with Crippen LogP contribution in [0.3, 0.4) is 0 Å². The van der Waals surface area contributed by atoms with Crippen LogP contribution in [0, 0.1) is 0 Å². The molecular formula is C17H19F3N4O2. The van der Waals surface area contributed by atoms with E-state index in [2.05, 4.69) is 15.6 Å². The lowest BCUT2D eigenvalue weighted by Crippen LogP contribution is -2.58. The number of pyridine rings is 1. The SMILES string of the molecule is O=C(NC1CC2COCC(C1)N2)c1cn(CC(F)(F)F)c2ncccc12. The van der Waals surface area contributed by atoms with E-state index in [1.165, 1.54) is 12.4 Å². The predicted octanol–water partition coefficient (Wildman–Crippen LogP) is 1.85. The number of ether oxygens (including phenoxy) is 1. The van der Waals surface area contributed by atoms with Gasteiger partial charge in [-0.3, -0.25) is 4.79 Å². The highest BCUT2D eigenvalue weighted by Gasteiger charge is 2.34. The van der Waals surface area contributed by atoms with Gasteiger partial charge in [-0.15, -0.1) is 0 Å². The lowest BCUT2D eigenvalue weighted by Gasteiger charge is -2.40. The summed E-state index contributed by atoms with van der Waals surface area (Å²) in [5, 5.41) is 6.84. The quantitative estimate of drug-likeness (QED) is 0.868. The molecule has 4 rings (SSSR count). The summed E-state index contributed by atoms with van der Waals surface area (Å²) in [6.45, 7) is 0.0397. The molecule has 2 fully saturated rings. The number of carbonyl (C=O) groups is 1. The van der Waals surface area contributed by atoms with E-state index < -0.39 is 12.7 Å². The second kappa shape index (κ2) is 6.55. The van der Waals surface area contributed by atoms with Gasteiger partial charge in [-0.2, -0.15) is 13.2 Å². The molecule has 1 amide bonds. The summed E-state index contributed by atoms with van der Waals surface area (Å²) in [6.07, 6.45) is -0.247. The first kappa shape index (κ1) is 17.3. The zero-order chi connectivity index (χ0) is 18.3. The lowest BCUT2D eigenvalue weighted by atomic mass is 9.92. The summed E-state index contributed by atoms with van der Waals surface area (Å²) in [5.41, 5.74) is 0.378. The first-order valence-electron chi connectivity index (χ1n) is 8.54. The Hall–Kier alpha value is -2.13. The van der Waals surface area contributed by atoms with Crippen LogP contribution in [0.25, 0.3) is 11.0 Å². The number of carbonyl (C=O) groups excluding carboxylic acids is 1. The number of rotatable bonds is 3. The maximum atomic E-state index is 12.8. The molecule has 2 aliphatic heterocycles. The van der Waals surface area contributed by atoms with Gasteiger partial charge in [-0.25, -0.2) is 4.98 Å². The first-order valence-corrected chi connectivity index (χ1v) is 8.54. The van der Waals surface area contributed by atoms with Crippen molar-refractivity contribution < 1.29 is 22.7 Å². The number of hydrogen-bond donors (Lipinski definition) is 2. The van der Waals surface area contributed by atoms with E-state index >= 15 is 0 Å². The summed E-state index contributed by atoms with van der Waals surface area (Å²) in [7, 11) is 0. The van der Waals surface area contributed by atoms with Crippen LogP contribution in [-0.4, -0.2) is 53.0 Å². The molecule has 2 bridgehead atoms. The Morgan fingerprint density at radius 3 is 2.77 bits per heavy atom. The van der Waals surface area contributed by atoms with E-state index in [4.69, 9.17) is 4.74 Å². The molecule has 2 N–H and O–H groups in total. The number of hydrogen-bond acceptors (Lipinski definition) is 4. The Balaban J connectivity index is 1.57. The molecule has 6 nitrogen and oxygen atoms in total. The van der Waals surface area contributed by atoms with Crippen molar-refractivity contribution in [1.82, 2.24) is 20.2 Å². The van der Waals surface area contributed by atoms with Gasteiger partial charge in [0.2, 0.25) is 0 Å². The minimum absolute atomic E-state index is 0.0275. The van der Waals surface area contributed by atoms with Crippen molar-refractivity contribution in [3.8, 4) is 0 Å². The van der Waals surface area contributed by atoms with Crippen LogP contribution in [0.5, 0.6) is 0 Å². The van der Waals surface area contributed by atoms with Crippen LogP contribution in [0.2, 0.25) is 0 Å². The molecular weight excluding hydrogens is 349 g/mol. The van der Waals surface area contributed by atoms with Crippen LogP contribution in [0.4, 0.5) is 13.2 Å². The van der Waals surface area contributed by atoms with Crippen molar-refractivity contribution in [2.24, 2.45) is 0 Å². The Bertz CT molecular complexity index is 808. The minimum Gasteiger partial charge on any atom is -0.378 e. The molecule has 4 heterocycles. The van der Waals surface area contributed by atoms with Gasteiger partial charge in [0.1, 0.15) is 12.2 Å². The molecule has 0 spiro atoms. The van der Waals surface area contributed by atoms with Crippen molar-refractivity contribution in [1.29, 1.82) is 0 Å². The van der Waals surface area contributed by atoms with E-state index in [9.17, 15) is 18.0 Å². The third kappa shape index (κ3) is 3.54. The number of nitrogens with zero attached hydrogens (tertiary/aromatic N) is 2. The second-order valence-electron chi connectivity index (χ2n) is 6.90. The summed E-state index contributed by atoms with van der Waals surface area (Å²) < 4.78 is 44.9. The molecule has 2 unspecified atom stereocenters. The zero-order valence-electron chi connectivity index (χ0n) is 13.9. The lowest BCUT2D eigenvalue weighted by molar-refractivity contribution is -0.139. The third-order valence-corrected chi connectivity index (χ3v) is 4.81. The Morgan fingerprint density at radius 1 is 1.35 bits per heavy atom. The number of alkyl halides is 3. The van der Waals surface area contributed by atoms with E-state index in [0.717, 1.165) is 17.4 Å². The van der Waals surface area contributed by atoms with Gasteiger partial charge in [0.25, 0.3) is 5.91 Å². The molecule has 2 atom stereocenters. The van der Waals surface area contributed by atoms with E-state index in [1.807, 2.05) is 0 Å². The first-order chi connectivity index (χ1) is 12.4. The van der Waals surface area contributed by atoms with Crippen LogP contribution < -0.4 is 10.6 Å². The fourth-order valence-electron chi connectivity index (χ4n) is 3.84. The number of piperidine rings is 1. The number of morpholine rings is 1. The highest BCUT2D eigenvalue weighted by atomic mass is 19.4. The number of halogens is 3. The number of fused-ring (bicyclic) bond motifs is 3. The van der Waals surface area contributed by atoms with E-state index in [-0.39, 0.29) is 35.2 Å². The molecule has 2 aromatic rings. The van der Waals surface area contributed by atoms with Crippen LogP contribution in [0.15, 0.2) is 24.5 Å². The highest BCUT2D eigenvalue weighted by molar-refractivity contribution is 6.06. The summed E-state index contributed by atoms with van der Waals surface area (Å²) in [6, 6.07) is 3.60. The Morgan fingerprint density at radius 2 is 2.08 bits per heavy atom. The van der Waals surface area contributed by atoms with E-state index in [1.54, 1.807) is 12.1 Å². The molecule has 2 aliphatic rings. The molecule has 0 aromatic carbocycles. The normalized spacial score (nSPS) is 26.0. The van der Waals surface area contributed by atoms with Gasteiger partial charge in [-0.05, 0) is 25.0 Å². The average Bonchev–Trinajstić information content (AvgIpc) is 2.92. The van der Waals surface area contributed by atoms with Crippen LogP contribution >= 0.6 is 0 Å². The van der Waals surface area contributed by atoms with Gasteiger partial charge >= 0.3 is 6.18 Å². The fourth-order valence-corrected chi connectivity index (χ4v) is 3.84. The number of amides is 1. The van der Waals surface area contributed by atoms with Crippen LogP contribution in [-0.2, 0) is 11.3 Å². The standard InChI is InChI=1S/C17H19F3N4O2/c18-17(19,20)9-24-6-14(13-2-1-3-21-15(13)24)16(25)23-10-4-11-7-26-8-12(5-10)22-11/h1-3,6,10-12,22H,4-5,7-9H2,(H,23,25). The smallest absolute Gasteiger partial charge is 0.378 e. The largest absolute Gasteiger partial charge is 0.406 e. The third-order valence-electron chi connectivity index (χ3n) is 4.81. The second-order valence-corrected chi connectivity index (χ2v) is 6.90. The molecule has 2 aromatic heterocycles. The molecule has 2 saturated heterocycles. The van der Waals surface area contributed by atoms with Crippen molar-refractivity contribution in [2.75, 3.05) is 13.2 Å². The van der Waals surface area contributed by atoms with Gasteiger partial charge < -0.3 is 19.9 Å². The summed E-state index contributed by atoms with van der Waals surface area (Å²) in [4.78, 5) is 16.8. The van der Waals surface area contributed by atoms with Gasteiger partial charge in [0.05, 0.1) is 18.8 Å². The predicted molar refractivity (Wildman–Crippen MR) is 87.8 cm³/mol. The Kier molecular flexibility index (Phi) is 4.36. The highest BCUT2D eigenvalue weighted by Crippen LogP contribution is 2.25. The Labute approximate surface area is 147 Å². The molecule has 0 radical (unpaired) electrons. The van der Waals surface area contributed by atoms with Crippen LogP contribution in [0.1, 0.15) is 23.2 Å². The minimum atomic E-state index is -4.39. The maximum Gasteiger partial charge on any atom is 0.406 e. The maximum absolute atomic E-state index is 12.8. The summed E-state index contributed by atoms with van der Waals surface area (Å²) in [5.74, 6) is -0.366. The van der Waals surface area contributed by atoms with Gasteiger partial charge in [-0.1, -0.05) is 0 Å². The molecule has 9 heteroatoms. The fraction of sp³-hybridized carbons (Fsp3) is 0.529. The van der Waals surface area contributed by atoms with Crippen molar-refractivity contribution in [3.63, 3.8) is 0 Å². The van der Waals surface area contributed by atoms with E-state index in [0.29, 0.717) is 18.6 Å². The molecule has 0 saturated carbocycles. The van der Waals surface area contributed by atoms with Gasteiger partial charge in [0, 0.05) is 35.9 Å². The topological polar surface area (TPSA) is 68.2 Å². The van der Waals surface area contributed by atoms with Gasteiger partial charge in [0.15, 0.2) is 0 Å². The average molecular weight is 368 g/mol. The van der Waals surface area contributed by atoms with Crippen molar-refractivity contribution in [2.45, 2.75) is 43.7 Å². The summed E-state index contributed by atoms with van der Waals surface area (Å²) >= 11 is 0. The molecule has 0 aliphatic carbocycles. The van der Waals surface area contributed by atoms with Crippen molar-refractivity contribution in [3.05, 3.63) is 30.1 Å². The number of aromatic nitrogens is 2. The monoisotopic (exact) mass is 368 g/mol. The molecule has 26 heavy (non-hydrogen) atoms. The van der Waals surface area contributed by atoms with Crippen molar-refractivity contribution >= 4 is 16.9 Å². The zero-order valence-corrected chi connectivity index (χ0v) is 13.9. The molecule has 140 valence electrons.